The summed E-state index contributed by atoms with van der Waals surface area (Å²) in [5.74, 6) is -0.0243. The van der Waals surface area contributed by atoms with Gasteiger partial charge >= 0.3 is 0 Å². The maximum atomic E-state index is 12.5. The van der Waals surface area contributed by atoms with Gasteiger partial charge in [-0.2, -0.15) is 0 Å². The number of hydrogen-bond donors (Lipinski definition) is 2. The summed E-state index contributed by atoms with van der Waals surface area (Å²) >= 11 is 0. The number of fused-ring (bicyclic) bond motifs is 1. The van der Waals surface area contributed by atoms with Crippen LogP contribution >= 0.6 is 0 Å². The van der Waals surface area contributed by atoms with Crippen LogP contribution in [0.2, 0.25) is 0 Å². The number of aromatic nitrogens is 1. The van der Waals surface area contributed by atoms with Crippen molar-refractivity contribution in [1.29, 1.82) is 0 Å². The summed E-state index contributed by atoms with van der Waals surface area (Å²) in [5.41, 5.74) is 2.93. The standard InChI is InChI=1S/C21H23N5O3/c1-12-4-9-16-19(22-12)26(3)18(24-21(16)29)13-5-7-15(8-6-13)23-20(28)14-10-17(27)25(2)11-14/h4-9,14,18H,10-11H2,1-3H3,(H,23,28)(H,24,29)/t14-,18-/m0/s1. The largest absolute Gasteiger partial charge is 0.345 e. The molecule has 29 heavy (non-hydrogen) atoms. The Morgan fingerprint density at radius 1 is 1.14 bits per heavy atom. The van der Waals surface area contributed by atoms with Crippen LogP contribution in [0.25, 0.3) is 0 Å². The molecule has 4 rings (SSSR count). The number of nitrogens with one attached hydrogen (secondary N) is 2. The van der Waals surface area contributed by atoms with E-state index >= 15 is 0 Å². The fourth-order valence-electron chi connectivity index (χ4n) is 3.75. The lowest BCUT2D eigenvalue weighted by Crippen LogP contribution is -2.45. The number of likely N-dealkylation sites (tertiary alicyclic amines) is 1. The molecule has 1 aromatic heterocycles. The molecular formula is C21H23N5O3. The number of rotatable bonds is 3. The van der Waals surface area contributed by atoms with Gasteiger partial charge in [-0.05, 0) is 36.8 Å². The number of carbonyl (C=O) groups is 3. The third kappa shape index (κ3) is 3.53. The van der Waals surface area contributed by atoms with Gasteiger partial charge in [-0.1, -0.05) is 12.1 Å². The monoisotopic (exact) mass is 393 g/mol. The fourth-order valence-corrected chi connectivity index (χ4v) is 3.75. The molecule has 1 saturated heterocycles. The van der Waals surface area contributed by atoms with Gasteiger partial charge in [0, 0.05) is 38.4 Å². The molecule has 0 saturated carbocycles. The zero-order valence-corrected chi connectivity index (χ0v) is 16.6. The second-order valence-corrected chi connectivity index (χ2v) is 7.60. The minimum Gasteiger partial charge on any atom is -0.345 e. The molecule has 0 aliphatic carbocycles. The van der Waals surface area contributed by atoms with Crippen LogP contribution in [0.5, 0.6) is 0 Å². The first-order valence-corrected chi connectivity index (χ1v) is 9.49. The van der Waals surface area contributed by atoms with E-state index in [1.165, 1.54) is 0 Å². The molecule has 2 aliphatic rings. The van der Waals surface area contributed by atoms with Crippen molar-refractivity contribution in [2.45, 2.75) is 19.5 Å². The molecule has 3 heterocycles. The first-order valence-electron chi connectivity index (χ1n) is 9.49. The van der Waals surface area contributed by atoms with Crippen LogP contribution < -0.4 is 15.5 Å². The molecule has 8 heteroatoms. The van der Waals surface area contributed by atoms with Crippen LogP contribution in [-0.4, -0.2) is 48.2 Å². The van der Waals surface area contributed by atoms with E-state index in [0.717, 1.165) is 11.3 Å². The Balaban J connectivity index is 1.49. The number of hydrogen-bond acceptors (Lipinski definition) is 5. The zero-order valence-electron chi connectivity index (χ0n) is 16.6. The van der Waals surface area contributed by atoms with Gasteiger partial charge in [-0.15, -0.1) is 0 Å². The molecule has 150 valence electrons. The number of amides is 3. The van der Waals surface area contributed by atoms with Crippen molar-refractivity contribution in [2.75, 3.05) is 30.9 Å². The Labute approximate surface area is 168 Å². The summed E-state index contributed by atoms with van der Waals surface area (Å²) in [6.07, 6.45) is -0.110. The van der Waals surface area contributed by atoms with E-state index < -0.39 is 0 Å². The predicted octanol–water partition coefficient (Wildman–Crippen LogP) is 1.69. The molecule has 1 fully saturated rings. The molecule has 1 aromatic carbocycles. The van der Waals surface area contributed by atoms with Gasteiger partial charge in [0.2, 0.25) is 11.8 Å². The molecule has 0 unspecified atom stereocenters. The van der Waals surface area contributed by atoms with Gasteiger partial charge in [-0.25, -0.2) is 4.98 Å². The molecule has 0 spiro atoms. The number of anilines is 2. The highest BCUT2D eigenvalue weighted by atomic mass is 16.2. The minimum atomic E-state index is -0.352. The third-order valence-corrected chi connectivity index (χ3v) is 5.45. The molecule has 2 N–H and O–H groups in total. The second kappa shape index (κ2) is 7.20. The van der Waals surface area contributed by atoms with Crippen LogP contribution in [0.1, 0.15) is 34.2 Å². The number of nitrogens with zero attached hydrogens (tertiary/aromatic N) is 3. The van der Waals surface area contributed by atoms with Crippen molar-refractivity contribution < 1.29 is 14.4 Å². The van der Waals surface area contributed by atoms with Gasteiger partial charge in [0.15, 0.2) is 0 Å². The quantitative estimate of drug-likeness (QED) is 0.828. The molecule has 2 aromatic rings. The smallest absolute Gasteiger partial charge is 0.256 e. The second-order valence-electron chi connectivity index (χ2n) is 7.60. The van der Waals surface area contributed by atoms with Crippen LogP contribution in [0.15, 0.2) is 36.4 Å². The minimum absolute atomic E-state index is 0.0132. The van der Waals surface area contributed by atoms with Crippen LogP contribution in [-0.2, 0) is 9.59 Å². The molecule has 0 radical (unpaired) electrons. The van der Waals surface area contributed by atoms with E-state index in [2.05, 4.69) is 15.6 Å². The van der Waals surface area contributed by atoms with E-state index in [9.17, 15) is 14.4 Å². The molecule has 0 bridgehead atoms. The van der Waals surface area contributed by atoms with Crippen molar-refractivity contribution in [3.05, 3.63) is 53.2 Å². The summed E-state index contributed by atoms with van der Waals surface area (Å²) < 4.78 is 0. The molecule has 8 nitrogen and oxygen atoms in total. The Morgan fingerprint density at radius 3 is 2.52 bits per heavy atom. The van der Waals surface area contributed by atoms with E-state index in [0.29, 0.717) is 23.6 Å². The highest BCUT2D eigenvalue weighted by molar-refractivity contribution is 6.01. The first kappa shape index (κ1) is 18.9. The van der Waals surface area contributed by atoms with Crippen molar-refractivity contribution >= 4 is 29.2 Å². The van der Waals surface area contributed by atoms with Gasteiger partial charge in [0.25, 0.3) is 5.91 Å². The van der Waals surface area contributed by atoms with Crippen molar-refractivity contribution in [1.82, 2.24) is 15.2 Å². The lowest BCUT2D eigenvalue weighted by molar-refractivity contribution is -0.127. The molecule has 2 aliphatic heterocycles. The predicted molar refractivity (Wildman–Crippen MR) is 108 cm³/mol. The summed E-state index contributed by atoms with van der Waals surface area (Å²) in [4.78, 5) is 44.5. The number of carbonyl (C=O) groups excluding carboxylic acids is 3. The lowest BCUT2D eigenvalue weighted by atomic mass is 10.1. The molecular weight excluding hydrogens is 370 g/mol. The Morgan fingerprint density at radius 2 is 1.86 bits per heavy atom. The van der Waals surface area contributed by atoms with Gasteiger partial charge in [-0.3, -0.25) is 14.4 Å². The maximum Gasteiger partial charge on any atom is 0.256 e. The van der Waals surface area contributed by atoms with E-state index in [4.69, 9.17) is 0 Å². The summed E-state index contributed by atoms with van der Waals surface area (Å²) in [6, 6.07) is 10.9. The Bertz CT molecular complexity index is 988. The highest BCUT2D eigenvalue weighted by Gasteiger charge is 2.33. The van der Waals surface area contributed by atoms with E-state index in [1.54, 1.807) is 30.1 Å². The van der Waals surface area contributed by atoms with Crippen molar-refractivity contribution in [2.24, 2.45) is 5.92 Å². The number of aryl methyl sites for hydroxylation is 1. The molecule has 2 atom stereocenters. The van der Waals surface area contributed by atoms with Gasteiger partial charge in [0.1, 0.15) is 12.0 Å². The maximum absolute atomic E-state index is 12.5. The zero-order chi connectivity index (χ0) is 20.7. The van der Waals surface area contributed by atoms with Gasteiger partial charge in [0.05, 0.1) is 11.5 Å². The SMILES string of the molecule is Cc1ccc2c(n1)N(C)[C@@H](c1ccc(NC(=O)[C@H]3CC(=O)N(C)C3)cc1)NC2=O. The number of pyridine rings is 1. The Kier molecular flexibility index (Phi) is 4.70. The van der Waals surface area contributed by atoms with Crippen molar-refractivity contribution in [3.8, 4) is 0 Å². The first-order chi connectivity index (χ1) is 13.8. The average Bonchev–Trinajstić information content (AvgIpc) is 3.04. The van der Waals surface area contributed by atoms with Gasteiger partial charge < -0.3 is 20.4 Å². The van der Waals surface area contributed by atoms with Crippen LogP contribution in [0.3, 0.4) is 0 Å². The van der Waals surface area contributed by atoms with Crippen LogP contribution in [0.4, 0.5) is 11.5 Å². The normalized spacial score (nSPS) is 21.1. The summed E-state index contributed by atoms with van der Waals surface area (Å²) in [7, 11) is 3.59. The van der Waals surface area contributed by atoms with E-state index in [1.807, 2.05) is 37.1 Å². The summed E-state index contributed by atoms with van der Waals surface area (Å²) in [5, 5.41) is 5.86. The third-order valence-electron chi connectivity index (χ3n) is 5.45. The average molecular weight is 393 g/mol. The van der Waals surface area contributed by atoms with E-state index in [-0.39, 0.29) is 36.2 Å². The topological polar surface area (TPSA) is 94.6 Å². The van der Waals surface area contributed by atoms with Crippen molar-refractivity contribution in [3.63, 3.8) is 0 Å². The number of benzene rings is 1. The fraction of sp³-hybridized carbons (Fsp3) is 0.333. The Hall–Kier alpha value is -3.42. The molecule has 3 amide bonds. The highest BCUT2D eigenvalue weighted by Crippen LogP contribution is 2.31. The van der Waals surface area contributed by atoms with Crippen LogP contribution in [0, 0.1) is 12.8 Å². The summed E-state index contributed by atoms with van der Waals surface area (Å²) in [6.45, 7) is 2.33. The lowest BCUT2D eigenvalue weighted by Gasteiger charge is -2.35.